The summed E-state index contributed by atoms with van der Waals surface area (Å²) in [5.74, 6) is 0.550. The molecule has 0 aliphatic rings. The van der Waals surface area contributed by atoms with Crippen LogP contribution in [0.3, 0.4) is 0 Å². The van der Waals surface area contributed by atoms with Gasteiger partial charge in [-0.3, -0.25) is 0 Å². The van der Waals surface area contributed by atoms with Crippen molar-refractivity contribution in [2.75, 3.05) is 0 Å². The minimum atomic E-state index is -0.218. The average Bonchev–Trinajstić information content (AvgIpc) is 2.51. The number of phenolic OH excluding ortho intramolecular Hbond substituents is 1. The fraction of sp³-hybridized carbons (Fsp3) is 0.455. The molecule has 1 N–H and O–H groups in total. The van der Waals surface area contributed by atoms with Crippen molar-refractivity contribution in [2.24, 2.45) is 0 Å². The highest BCUT2D eigenvalue weighted by Crippen LogP contribution is 2.27. The Labute approximate surface area is 150 Å². The molecule has 0 bridgehead atoms. The van der Waals surface area contributed by atoms with Gasteiger partial charge < -0.3 is 5.11 Å². The molecular weight excluding hydrogens is 308 g/mol. The van der Waals surface area contributed by atoms with Crippen molar-refractivity contribution in [1.29, 1.82) is 0 Å². The van der Waals surface area contributed by atoms with Gasteiger partial charge >= 0.3 is 0 Å². The first kappa shape index (κ1) is 18.8. The predicted molar refractivity (Wildman–Crippen MR) is 109 cm³/mol. The summed E-state index contributed by atoms with van der Waals surface area (Å²) in [7, 11) is -0.218. The van der Waals surface area contributed by atoms with Gasteiger partial charge in [0, 0.05) is 0 Å². The number of aryl methyl sites for hydroxylation is 5. The minimum Gasteiger partial charge on any atom is -0.507 e. The van der Waals surface area contributed by atoms with Crippen LogP contribution in [0.2, 0.25) is 6.04 Å². The second-order valence-corrected chi connectivity index (χ2v) is 9.14. The van der Waals surface area contributed by atoms with Gasteiger partial charge in [0.2, 0.25) is 0 Å². The first-order valence-corrected chi connectivity index (χ1v) is 11.1. The summed E-state index contributed by atoms with van der Waals surface area (Å²) in [6, 6.07) is 12.8. The fourth-order valence-electron chi connectivity index (χ4n) is 3.61. The van der Waals surface area contributed by atoms with Crippen molar-refractivity contribution in [3.63, 3.8) is 0 Å². The molecule has 24 heavy (non-hydrogen) atoms. The van der Waals surface area contributed by atoms with Crippen molar-refractivity contribution in [3.8, 4) is 5.75 Å². The zero-order valence-corrected chi connectivity index (χ0v) is 17.2. The van der Waals surface area contributed by atoms with Crippen LogP contribution in [0.1, 0.15) is 54.5 Å². The van der Waals surface area contributed by atoms with Gasteiger partial charge in [0.1, 0.15) is 5.75 Å². The van der Waals surface area contributed by atoms with E-state index in [4.69, 9.17) is 0 Å². The SMILES string of the molecule is CCCc1cc(CC[SiH2]c2cc(C)cc(C)c2)cc(CCC)c1O. The monoisotopic (exact) mass is 340 g/mol. The smallest absolute Gasteiger partial charge is 0.121 e. The molecule has 2 aromatic rings. The number of benzene rings is 2. The van der Waals surface area contributed by atoms with E-state index < -0.39 is 0 Å². The van der Waals surface area contributed by atoms with Crippen molar-refractivity contribution >= 4 is 14.7 Å². The summed E-state index contributed by atoms with van der Waals surface area (Å²) in [5, 5.41) is 12.0. The summed E-state index contributed by atoms with van der Waals surface area (Å²) >= 11 is 0. The summed E-state index contributed by atoms with van der Waals surface area (Å²) in [4.78, 5) is 0. The van der Waals surface area contributed by atoms with Crippen LogP contribution in [0, 0.1) is 13.8 Å². The molecule has 0 aliphatic carbocycles. The quantitative estimate of drug-likeness (QED) is 0.708. The zero-order chi connectivity index (χ0) is 17.5. The van der Waals surface area contributed by atoms with Crippen LogP contribution in [-0.4, -0.2) is 14.6 Å². The van der Waals surface area contributed by atoms with Gasteiger partial charge in [-0.25, -0.2) is 0 Å². The molecule has 0 radical (unpaired) electrons. The van der Waals surface area contributed by atoms with Crippen LogP contribution in [-0.2, 0) is 19.3 Å². The molecule has 0 heterocycles. The lowest BCUT2D eigenvalue weighted by Gasteiger charge is -2.13. The molecule has 2 rings (SSSR count). The van der Waals surface area contributed by atoms with E-state index in [1.54, 1.807) is 5.19 Å². The van der Waals surface area contributed by atoms with Crippen molar-refractivity contribution in [1.82, 2.24) is 0 Å². The highest BCUT2D eigenvalue weighted by atomic mass is 28.2. The summed E-state index contributed by atoms with van der Waals surface area (Å²) in [6.07, 6.45) is 5.27. The van der Waals surface area contributed by atoms with E-state index >= 15 is 0 Å². The van der Waals surface area contributed by atoms with Crippen LogP contribution in [0.25, 0.3) is 0 Å². The first-order chi connectivity index (χ1) is 11.5. The highest BCUT2D eigenvalue weighted by Gasteiger charge is 2.09. The second-order valence-electron chi connectivity index (χ2n) is 7.11. The Balaban J connectivity index is 2.08. The summed E-state index contributed by atoms with van der Waals surface area (Å²) in [6.45, 7) is 8.75. The van der Waals surface area contributed by atoms with E-state index in [-0.39, 0.29) is 9.52 Å². The van der Waals surface area contributed by atoms with Gasteiger partial charge in [0.25, 0.3) is 0 Å². The lowest BCUT2D eigenvalue weighted by atomic mass is 9.97. The summed E-state index contributed by atoms with van der Waals surface area (Å²) < 4.78 is 0. The van der Waals surface area contributed by atoms with Gasteiger partial charge in [-0.1, -0.05) is 79.4 Å². The second kappa shape index (κ2) is 9.07. The van der Waals surface area contributed by atoms with Crippen molar-refractivity contribution in [2.45, 2.75) is 65.8 Å². The fourth-order valence-corrected chi connectivity index (χ4v) is 5.53. The Morgan fingerprint density at radius 1 is 0.792 bits per heavy atom. The Morgan fingerprint density at radius 3 is 1.83 bits per heavy atom. The van der Waals surface area contributed by atoms with Crippen LogP contribution in [0.15, 0.2) is 30.3 Å². The molecule has 2 heteroatoms. The normalized spacial score (nSPS) is 11.5. The van der Waals surface area contributed by atoms with Crippen LogP contribution < -0.4 is 5.19 Å². The maximum absolute atomic E-state index is 10.4. The molecule has 2 aromatic carbocycles. The number of hydrogen-bond acceptors (Lipinski definition) is 1. The van der Waals surface area contributed by atoms with Crippen LogP contribution in [0.5, 0.6) is 5.75 Å². The molecule has 0 spiro atoms. The van der Waals surface area contributed by atoms with Crippen molar-refractivity contribution in [3.05, 3.63) is 58.1 Å². The molecule has 0 amide bonds. The number of phenols is 1. The van der Waals surface area contributed by atoms with E-state index in [9.17, 15) is 5.11 Å². The van der Waals surface area contributed by atoms with Crippen LogP contribution >= 0.6 is 0 Å². The summed E-state index contributed by atoms with van der Waals surface area (Å²) in [5.41, 5.74) is 6.48. The van der Waals surface area contributed by atoms with E-state index in [1.807, 2.05) is 0 Å². The number of rotatable bonds is 8. The standard InChI is InChI=1S/C22H32OSi/c1-5-7-19-14-18(15-20(8-6-2)22(19)23)9-10-24-21-12-16(3)11-17(4)13-21/h11-15,23H,5-10,24H2,1-4H3. The molecule has 130 valence electrons. The third-order valence-electron chi connectivity index (χ3n) is 4.58. The molecule has 0 atom stereocenters. The number of aromatic hydroxyl groups is 1. The van der Waals surface area contributed by atoms with Gasteiger partial charge in [-0.15, -0.1) is 0 Å². The molecular formula is C22H32OSi. The lowest BCUT2D eigenvalue weighted by Crippen LogP contribution is -2.15. The van der Waals surface area contributed by atoms with Crippen LogP contribution in [0.4, 0.5) is 0 Å². The van der Waals surface area contributed by atoms with E-state index in [2.05, 4.69) is 58.0 Å². The van der Waals surface area contributed by atoms with Crippen molar-refractivity contribution < 1.29 is 5.11 Å². The van der Waals surface area contributed by atoms with Gasteiger partial charge in [0.05, 0.1) is 9.52 Å². The highest BCUT2D eigenvalue weighted by molar-refractivity contribution is 6.53. The first-order valence-electron chi connectivity index (χ1n) is 9.44. The average molecular weight is 341 g/mol. The van der Waals surface area contributed by atoms with Gasteiger partial charge in [-0.05, 0) is 49.8 Å². The van der Waals surface area contributed by atoms with E-state index in [1.165, 1.54) is 22.7 Å². The Hall–Kier alpha value is -1.54. The molecule has 0 saturated carbocycles. The van der Waals surface area contributed by atoms with E-state index in [0.29, 0.717) is 5.75 Å². The minimum absolute atomic E-state index is 0.218. The van der Waals surface area contributed by atoms with E-state index in [0.717, 1.165) is 43.2 Å². The third kappa shape index (κ3) is 5.24. The maximum Gasteiger partial charge on any atom is 0.121 e. The molecule has 0 saturated heterocycles. The molecule has 0 unspecified atom stereocenters. The zero-order valence-electron chi connectivity index (χ0n) is 15.8. The molecule has 0 aromatic heterocycles. The predicted octanol–water partition coefficient (Wildman–Crippen LogP) is 4.37. The number of hydrogen-bond donors (Lipinski definition) is 1. The van der Waals surface area contributed by atoms with Gasteiger partial charge in [0.15, 0.2) is 0 Å². The Kier molecular flexibility index (Phi) is 7.10. The molecule has 0 aliphatic heterocycles. The van der Waals surface area contributed by atoms with Gasteiger partial charge in [-0.2, -0.15) is 0 Å². The maximum atomic E-state index is 10.4. The Morgan fingerprint density at radius 2 is 1.33 bits per heavy atom. The Bertz CT molecular complexity index is 628. The molecule has 0 fully saturated rings. The molecule has 1 nitrogen and oxygen atoms in total. The third-order valence-corrected chi connectivity index (χ3v) is 6.27. The largest absolute Gasteiger partial charge is 0.507 e. The lowest BCUT2D eigenvalue weighted by molar-refractivity contribution is 0.459. The topological polar surface area (TPSA) is 20.2 Å².